The smallest absolute Gasteiger partial charge is 0.236 e. The molecule has 0 saturated heterocycles. The highest BCUT2D eigenvalue weighted by Crippen LogP contribution is 2.29. The van der Waals surface area contributed by atoms with Crippen LogP contribution in [0.25, 0.3) is 0 Å². The van der Waals surface area contributed by atoms with Crippen LogP contribution in [0, 0.1) is 0 Å². The highest BCUT2D eigenvalue weighted by atomic mass is 35.7. The van der Waals surface area contributed by atoms with Gasteiger partial charge in [0.1, 0.15) is 5.75 Å². The van der Waals surface area contributed by atoms with Crippen LogP contribution >= 0.6 is 10.7 Å². The Morgan fingerprint density at radius 1 is 1.40 bits per heavy atom. The van der Waals surface area contributed by atoms with E-state index in [2.05, 4.69) is 0 Å². The number of para-hydroxylation sites is 1. The molecule has 0 spiro atoms. The number of fused-ring (bicyclic) bond motifs is 1. The number of halogens is 1. The van der Waals surface area contributed by atoms with Gasteiger partial charge in [0.25, 0.3) is 0 Å². The minimum atomic E-state index is -3.56. The standard InChI is InChI=1S/C9H9ClO4S/c10-15(11,12)5-8-3-1-2-7-4-13-6-14-9(7)8/h1-3H,4-6H2. The van der Waals surface area contributed by atoms with Crippen molar-refractivity contribution < 1.29 is 17.9 Å². The summed E-state index contributed by atoms with van der Waals surface area (Å²) in [6.07, 6.45) is 0. The summed E-state index contributed by atoms with van der Waals surface area (Å²) in [7, 11) is 1.64. The molecule has 1 heterocycles. The zero-order valence-electron chi connectivity index (χ0n) is 7.77. The maximum absolute atomic E-state index is 11.0. The van der Waals surface area contributed by atoms with Gasteiger partial charge in [-0.2, -0.15) is 0 Å². The summed E-state index contributed by atoms with van der Waals surface area (Å²) in [6, 6.07) is 5.28. The van der Waals surface area contributed by atoms with Gasteiger partial charge in [0.2, 0.25) is 9.05 Å². The molecule has 0 saturated carbocycles. The number of benzene rings is 1. The van der Waals surface area contributed by atoms with E-state index in [0.717, 1.165) is 5.56 Å². The lowest BCUT2D eigenvalue weighted by molar-refractivity contribution is -0.0169. The van der Waals surface area contributed by atoms with Crippen LogP contribution in [0.1, 0.15) is 11.1 Å². The third-order valence-corrected chi connectivity index (χ3v) is 3.03. The molecule has 0 radical (unpaired) electrons. The molecule has 2 rings (SSSR count). The van der Waals surface area contributed by atoms with Crippen molar-refractivity contribution in [3.05, 3.63) is 29.3 Å². The second kappa shape index (κ2) is 4.00. The maximum atomic E-state index is 11.0. The van der Waals surface area contributed by atoms with Gasteiger partial charge in [-0.25, -0.2) is 8.42 Å². The van der Waals surface area contributed by atoms with Crippen LogP contribution in [0.4, 0.5) is 0 Å². The first-order chi connectivity index (χ1) is 7.06. The molecule has 0 aliphatic carbocycles. The quantitative estimate of drug-likeness (QED) is 0.747. The predicted molar refractivity (Wildman–Crippen MR) is 55.2 cm³/mol. The number of rotatable bonds is 2. The lowest BCUT2D eigenvalue weighted by atomic mass is 10.1. The zero-order valence-corrected chi connectivity index (χ0v) is 9.35. The van der Waals surface area contributed by atoms with Crippen molar-refractivity contribution >= 4 is 19.7 Å². The van der Waals surface area contributed by atoms with Gasteiger partial charge >= 0.3 is 0 Å². The minimum absolute atomic E-state index is 0.145. The van der Waals surface area contributed by atoms with E-state index in [1.165, 1.54) is 0 Å². The number of hydrogen-bond acceptors (Lipinski definition) is 4. The molecule has 4 nitrogen and oxygen atoms in total. The topological polar surface area (TPSA) is 52.6 Å². The maximum Gasteiger partial charge on any atom is 0.236 e. The van der Waals surface area contributed by atoms with Crippen molar-refractivity contribution in [1.29, 1.82) is 0 Å². The molecule has 82 valence electrons. The van der Waals surface area contributed by atoms with Crippen molar-refractivity contribution in [2.75, 3.05) is 6.79 Å². The van der Waals surface area contributed by atoms with E-state index in [1.807, 2.05) is 6.07 Å². The molecule has 1 aromatic carbocycles. The summed E-state index contributed by atoms with van der Waals surface area (Å²) in [5.74, 6) is 0.352. The molecule has 0 bridgehead atoms. The Hall–Kier alpha value is -0.780. The second-order valence-electron chi connectivity index (χ2n) is 3.20. The SMILES string of the molecule is O=S(=O)(Cl)Cc1cccc2c1OCOC2. The molecule has 0 N–H and O–H groups in total. The van der Waals surface area contributed by atoms with Gasteiger partial charge in [-0.15, -0.1) is 0 Å². The highest BCUT2D eigenvalue weighted by molar-refractivity contribution is 8.13. The van der Waals surface area contributed by atoms with Crippen molar-refractivity contribution in [2.45, 2.75) is 12.4 Å². The Labute approximate surface area is 92.2 Å². The lowest BCUT2D eigenvalue weighted by Crippen LogP contribution is -2.13. The fraction of sp³-hybridized carbons (Fsp3) is 0.333. The Morgan fingerprint density at radius 3 is 2.93 bits per heavy atom. The normalized spacial score (nSPS) is 15.5. The van der Waals surface area contributed by atoms with Crippen molar-refractivity contribution in [1.82, 2.24) is 0 Å². The average molecular weight is 249 g/mol. The third kappa shape index (κ3) is 2.62. The summed E-state index contributed by atoms with van der Waals surface area (Å²) in [6.45, 7) is 0.581. The van der Waals surface area contributed by atoms with Crippen molar-refractivity contribution in [2.24, 2.45) is 0 Å². The zero-order chi connectivity index (χ0) is 10.9. The molecular weight excluding hydrogens is 240 g/mol. The molecule has 0 aromatic heterocycles. The van der Waals surface area contributed by atoms with Crippen molar-refractivity contribution in [3.8, 4) is 5.75 Å². The first-order valence-electron chi connectivity index (χ1n) is 4.30. The molecule has 1 aliphatic heterocycles. The minimum Gasteiger partial charge on any atom is -0.467 e. The summed E-state index contributed by atoms with van der Waals surface area (Å²) in [5.41, 5.74) is 1.42. The van der Waals surface area contributed by atoms with Gasteiger partial charge in [0.05, 0.1) is 12.4 Å². The Balaban J connectivity index is 2.39. The van der Waals surface area contributed by atoms with Crippen LogP contribution in [0.15, 0.2) is 18.2 Å². The van der Waals surface area contributed by atoms with Gasteiger partial charge in [-0.05, 0) is 0 Å². The van der Waals surface area contributed by atoms with E-state index in [9.17, 15) is 8.42 Å². The van der Waals surface area contributed by atoms with E-state index < -0.39 is 9.05 Å². The number of ether oxygens (including phenoxy) is 2. The van der Waals surface area contributed by atoms with Crippen LogP contribution in [-0.4, -0.2) is 15.2 Å². The number of hydrogen-bond donors (Lipinski definition) is 0. The van der Waals surface area contributed by atoms with E-state index in [1.54, 1.807) is 12.1 Å². The lowest BCUT2D eigenvalue weighted by Gasteiger charge is -2.19. The molecule has 0 atom stereocenters. The summed E-state index contributed by atoms with van der Waals surface area (Å²) < 4.78 is 32.3. The van der Waals surface area contributed by atoms with E-state index >= 15 is 0 Å². The largest absolute Gasteiger partial charge is 0.467 e. The molecule has 15 heavy (non-hydrogen) atoms. The predicted octanol–water partition coefficient (Wildman–Crippen LogP) is 1.62. The van der Waals surface area contributed by atoms with Crippen LogP contribution in [0.5, 0.6) is 5.75 Å². The van der Waals surface area contributed by atoms with E-state index in [-0.39, 0.29) is 12.5 Å². The van der Waals surface area contributed by atoms with Crippen LogP contribution in [-0.2, 0) is 26.1 Å². The van der Waals surface area contributed by atoms with Crippen molar-refractivity contribution in [3.63, 3.8) is 0 Å². The Kier molecular flexibility index (Phi) is 2.86. The van der Waals surface area contributed by atoms with Gasteiger partial charge in [-0.3, -0.25) is 0 Å². The van der Waals surface area contributed by atoms with E-state index in [0.29, 0.717) is 17.9 Å². The second-order valence-corrected chi connectivity index (χ2v) is 5.98. The monoisotopic (exact) mass is 248 g/mol. The fourth-order valence-corrected chi connectivity index (χ4v) is 2.44. The molecular formula is C9H9ClO4S. The first kappa shape index (κ1) is 10.7. The van der Waals surface area contributed by atoms with Gasteiger partial charge in [-0.1, -0.05) is 18.2 Å². The van der Waals surface area contributed by atoms with Gasteiger partial charge in [0, 0.05) is 21.8 Å². The van der Waals surface area contributed by atoms with Crippen LogP contribution < -0.4 is 4.74 Å². The van der Waals surface area contributed by atoms with Crippen LogP contribution in [0.3, 0.4) is 0 Å². The average Bonchev–Trinajstić information content (AvgIpc) is 2.16. The molecule has 0 fully saturated rings. The van der Waals surface area contributed by atoms with E-state index in [4.69, 9.17) is 20.2 Å². The molecule has 6 heteroatoms. The molecule has 1 aliphatic rings. The summed E-state index contributed by atoms with van der Waals surface area (Å²) >= 11 is 0. The Bertz CT molecular complexity index is 469. The third-order valence-electron chi connectivity index (χ3n) is 2.05. The Morgan fingerprint density at radius 2 is 2.20 bits per heavy atom. The summed E-state index contributed by atoms with van der Waals surface area (Å²) in [5, 5.41) is 0. The first-order valence-corrected chi connectivity index (χ1v) is 6.78. The van der Waals surface area contributed by atoms with Crippen LogP contribution in [0.2, 0.25) is 0 Å². The van der Waals surface area contributed by atoms with Gasteiger partial charge in [0.15, 0.2) is 6.79 Å². The highest BCUT2D eigenvalue weighted by Gasteiger charge is 2.18. The fourth-order valence-electron chi connectivity index (χ4n) is 1.49. The summed E-state index contributed by atoms with van der Waals surface area (Å²) in [4.78, 5) is 0. The van der Waals surface area contributed by atoms with Gasteiger partial charge < -0.3 is 9.47 Å². The molecule has 0 unspecified atom stereocenters. The molecule has 0 amide bonds. The molecule has 1 aromatic rings.